The predicted octanol–water partition coefficient (Wildman–Crippen LogP) is 3.50. The molecule has 0 bridgehead atoms. The highest BCUT2D eigenvalue weighted by Crippen LogP contribution is 2.43. The molecule has 1 unspecified atom stereocenters. The Labute approximate surface area is 143 Å². The number of aliphatic carboxylic acids is 1. The zero-order valence-corrected chi connectivity index (χ0v) is 14.0. The number of carbonyl (C=O) groups is 2. The third kappa shape index (κ3) is 3.08. The summed E-state index contributed by atoms with van der Waals surface area (Å²) in [6, 6.07) is 5.51. The van der Waals surface area contributed by atoms with Crippen LogP contribution in [0.5, 0.6) is 0 Å². The minimum Gasteiger partial charge on any atom is -0.481 e. The molecule has 2 N–H and O–H groups in total. The van der Waals surface area contributed by atoms with Gasteiger partial charge in [-0.15, -0.1) is 11.3 Å². The van der Waals surface area contributed by atoms with Crippen molar-refractivity contribution < 1.29 is 14.7 Å². The molecular weight excluding hydrogens is 326 g/mol. The second kappa shape index (κ2) is 6.05. The van der Waals surface area contributed by atoms with E-state index in [-0.39, 0.29) is 12.6 Å². The van der Waals surface area contributed by atoms with Gasteiger partial charge in [-0.2, -0.15) is 0 Å². The maximum atomic E-state index is 12.4. The van der Waals surface area contributed by atoms with E-state index in [1.54, 1.807) is 16.2 Å². The van der Waals surface area contributed by atoms with Crippen LogP contribution in [0.3, 0.4) is 0 Å². The molecule has 4 rings (SSSR count). The van der Waals surface area contributed by atoms with E-state index < -0.39 is 11.9 Å². The number of amides is 2. The highest BCUT2D eigenvalue weighted by atomic mass is 32.1. The van der Waals surface area contributed by atoms with Crippen LogP contribution in [0.2, 0.25) is 0 Å². The summed E-state index contributed by atoms with van der Waals surface area (Å²) >= 11 is 1.70. The average Bonchev–Trinajstić information content (AvgIpc) is 3.34. The van der Waals surface area contributed by atoms with Crippen molar-refractivity contribution in [3.63, 3.8) is 0 Å². The number of hydrogen-bond donors (Lipinski definition) is 2. The van der Waals surface area contributed by atoms with Crippen molar-refractivity contribution in [2.75, 3.05) is 18.4 Å². The molecule has 6 nitrogen and oxygen atoms in total. The smallest absolute Gasteiger partial charge is 0.321 e. The van der Waals surface area contributed by atoms with Crippen LogP contribution in [0.15, 0.2) is 18.2 Å². The zero-order valence-electron chi connectivity index (χ0n) is 13.2. The maximum absolute atomic E-state index is 12.4. The third-order valence-electron chi connectivity index (χ3n) is 4.64. The van der Waals surface area contributed by atoms with E-state index in [1.807, 2.05) is 18.2 Å². The van der Waals surface area contributed by atoms with Crippen molar-refractivity contribution in [1.29, 1.82) is 0 Å². The number of hydrogen-bond acceptors (Lipinski definition) is 4. The summed E-state index contributed by atoms with van der Waals surface area (Å²) in [5, 5.41) is 13.2. The quantitative estimate of drug-likeness (QED) is 0.892. The summed E-state index contributed by atoms with van der Waals surface area (Å²) in [6.45, 7) is 0.875. The Morgan fingerprint density at radius 2 is 2.12 bits per heavy atom. The lowest BCUT2D eigenvalue weighted by molar-refractivity contribution is -0.143. The molecule has 0 radical (unpaired) electrons. The van der Waals surface area contributed by atoms with Gasteiger partial charge in [-0.1, -0.05) is 0 Å². The molecule has 126 valence electrons. The number of urea groups is 1. The molecular formula is C17H19N3O3S. The predicted molar refractivity (Wildman–Crippen MR) is 92.5 cm³/mol. The lowest BCUT2D eigenvalue weighted by Gasteiger charge is -2.30. The first-order valence-electron chi connectivity index (χ1n) is 8.29. The van der Waals surface area contributed by atoms with E-state index in [4.69, 9.17) is 5.11 Å². The molecule has 24 heavy (non-hydrogen) atoms. The van der Waals surface area contributed by atoms with Gasteiger partial charge in [0.1, 0.15) is 0 Å². The lowest BCUT2D eigenvalue weighted by Crippen LogP contribution is -2.44. The third-order valence-corrected chi connectivity index (χ3v) is 5.82. The first-order valence-corrected chi connectivity index (χ1v) is 9.11. The molecule has 1 aliphatic heterocycles. The van der Waals surface area contributed by atoms with Crippen LogP contribution in [0.1, 0.15) is 36.6 Å². The van der Waals surface area contributed by atoms with Gasteiger partial charge in [0.15, 0.2) is 0 Å². The van der Waals surface area contributed by atoms with Gasteiger partial charge in [-0.3, -0.25) is 4.79 Å². The number of benzene rings is 1. The fraction of sp³-hybridized carbons (Fsp3) is 0.471. The summed E-state index contributed by atoms with van der Waals surface area (Å²) in [5.74, 6) is -0.664. The number of nitrogens with zero attached hydrogens (tertiary/aromatic N) is 2. The number of aromatic nitrogens is 1. The topological polar surface area (TPSA) is 82.5 Å². The molecule has 2 heterocycles. The molecule has 2 aliphatic rings. The SMILES string of the molecule is O=C(O)C1CCCN(C(=O)Nc2ccc3nc(C4CC4)sc3c2)C1. The molecule has 1 atom stereocenters. The number of carboxylic acids is 1. The van der Waals surface area contributed by atoms with Gasteiger partial charge < -0.3 is 15.3 Å². The number of carbonyl (C=O) groups excluding carboxylic acids is 1. The van der Waals surface area contributed by atoms with Crippen molar-refractivity contribution in [1.82, 2.24) is 9.88 Å². The number of anilines is 1. The van der Waals surface area contributed by atoms with E-state index in [9.17, 15) is 9.59 Å². The molecule has 1 aliphatic carbocycles. The standard InChI is InChI=1S/C17H19N3O3S/c21-16(22)11-2-1-7-20(9-11)17(23)18-12-5-6-13-14(8-12)24-15(19-13)10-3-4-10/h5-6,8,10-11H,1-4,7,9H2,(H,18,23)(H,21,22). The summed E-state index contributed by atoms with van der Waals surface area (Å²) in [6.07, 6.45) is 3.81. The highest BCUT2D eigenvalue weighted by molar-refractivity contribution is 7.18. The molecule has 2 amide bonds. The Kier molecular flexibility index (Phi) is 3.88. The number of rotatable bonds is 3. The Hall–Kier alpha value is -2.15. The fourth-order valence-electron chi connectivity index (χ4n) is 3.09. The number of fused-ring (bicyclic) bond motifs is 1. The number of piperidine rings is 1. The maximum Gasteiger partial charge on any atom is 0.321 e. The Morgan fingerprint density at radius 3 is 2.88 bits per heavy atom. The van der Waals surface area contributed by atoms with Crippen molar-refractivity contribution in [3.05, 3.63) is 23.2 Å². The van der Waals surface area contributed by atoms with Gasteiger partial charge in [0.05, 0.1) is 21.1 Å². The Bertz CT molecular complexity index is 799. The lowest BCUT2D eigenvalue weighted by atomic mass is 9.99. The molecule has 2 aromatic rings. The van der Waals surface area contributed by atoms with Crippen LogP contribution < -0.4 is 5.32 Å². The summed E-state index contributed by atoms with van der Waals surface area (Å²) in [4.78, 5) is 29.8. The van der Waals surface area contributed by atoms with Crippen LogP contribution in [-0.4, -0.2) is 40.1 Å². The van der Waals surface area contributed by atoms with E-state index in [1.165, 1.54) is 17.8 Å². The largest absolute Gasteiger partial charge is 0.481 e. The number of carboxylic acid groups (broad SMARTS) is 1. The average molecular weight is 345 g/mol. The summed E-state index contributed by atoms with van der Waals surface area (Å²) in [7, 11) is 0. The monoisotopic (exact) mass is 345 g/mol. The highest BCUT2D eigenvalue weighted by Gasteiger charge is 2.29. The number of thiazole rings is 1. The van der Waals surface area contributed by atoms with Gasteiger partial charge >= 0.3 is 12.0 Å². The molecule has 7 heteroatoms. The summed E-state index contributed by atoms with van der Waals surface area (Å²) in [5.41, 5.74) is 1.71. The van der Waals surface area contributed by atoms with Crippen molar-refractivity contribution >= 4 is 39.2 Å². The molecule has 1 aromatic carbocycles. The molecule has 2 fully saturated rings. The zero-order chi connectivity index (χ0) is 16.7. The molecule has 1 aromatic heterocycles. The van der Waals surface area contributed by atoms with Crippen molar-refractivity contribution in [2.24, 2.45) is 5.92 Å². The van der Waals surface area contributed by atoms with Gasteiger partial charge in [-0.25, -0.2) is 9.78 Å². The van der Waals surface area contributed by atoms with Crippen molar-refractivity contribution in [2.45, 2.75) is 31.6 Å². The van der Waals surface area contributed by atoms with Crippen LogP contribution in [0.25, 0.3) is 10.2 Å². The minimum absolute atomic E-state index is 0.229. The van der Waals surface area contributed by atoms with Crippen molar-refractivity contribution in [3.8, 4) is 0 Å². The molecule has 1 saturated carbocycles. The van der Waals surface area contributed by atoms with E-state index in [0.29, 0.717) is 18.9 Å². The number of nitrogens with one attached hydrogen (secondary N) is 1. The van der Waals surface area contributed by atoms with Crippen LogP contribution in [-0.2, 0) is 4.79 Å². The second-order valence-electron chi connectivity index (χ2n) is 6.56. The molecule has 1 saturated heterocycles. The van der Waals surface area contributed by atoms with Gasteiger partial charge in [0.2, 0.25) is 0 Å². The molecule has 0 spiro atoms. The van der Waals surface area contributed by atoms with Gasteiger partial charge in [-0.05, 0) is 43.9 Å². The van der Waals surface area contributed by atoms with E-state index >= 15 is 0 Å². The fourth-order valence-corrected chi connectivity index (χ4v) is 4.27. The Morgan fingerprint density at radius 1 is 1.29 bits per heavy atom. The summed E-state index contributed by atoms with van der Waals surface area (Å²) < 4.78 is 1.08. The Balaban J connectivity index is 1.46. The van der Waals surface area contributed by atoms with E-state index in [0.717, 1.165) is 22.3 Å². The first kappa shape index (κ1) is 15.4. The van der Waals surface area contributed by atoms with Crippen LogP contribution in [0.4, 0.5) is 10.5 Å². The van der Waals surface area contributed by atoms with Crippen LogP contribution in [0, 0.1) is 5.92 Å². The first-order chi connectivity index (χ1) is 11.6. The van der Waals surface area contributed by atoms with E-state index in [2.05, 4.69) is 10.3 Å². The second-order valence-corrected chi connectivity index (χ2v) is 7.62. The van der Waals surface area contributed by atoms with Crippen LogP contribution >= 0.6 is 11.3 Å². The van der Waals surface area contributed by atoms with Gasteiger partial charge in [0, 0.05) is 24.7 Å². The van der Waals surface area contributed by atoms with Gasteiger partial charge in [0.25, 0.3) is 0 Å². The minimum atomic E-state index is -0.828. The number of likely N-dealkylation sites (tertiary alicyclic amines) is 1. The normalized spacial score (nSPS) is 21.0.